The van der Waals surface area contributed by atoms with Crippen LogP contribution < -0.4 is 5.32 Å². The number of anilines is 1. The number of benzene rings is 1. The van der Waals surface area contributed by atoms with Crippen molar-refractivity contribution < 1.29 is 22.7 Å². The van der Waals surface area contributed by atoms with E-state index in [-0.39, 0.29) is 35.6 Å². The van der Waals surface area contributed by atoms with E-state index in [1.165, 1.54) is 6.07 Å². The SMILES string of the molecule is CCCc1cc(-c2nnc(NCCCCO)o2)nc2c(C(F)(F)F)cc(C3CC3)cc12. The van der Waals surface area contributed by atoms with Crippen molar-refractivity contribution in [3.8, 4) is 11.6 Å². The van der Waals surface area contributed by atoms with Gasteiger partial charge in [0.15, 0.2) is 0 Å². The normalized spacial score (nSPS) is 14.4. The third-order valence-corrected chi connectivity index (χ3v) is 5.40. The summed E-state index contributed by atoms with van der Waals surface area (Å²) < 4.78 is 47.4. The molecule has 1 fully saturated rings. The van der Waals surface area contributed by atoms with Gasteiger partial charge in [0.25, 0.3) is 5.89 Å². The van der Waals surface area contributed by atoms with Gasteiger partial charge in [0.1, 0.15) is 5.69 Å². The summed E-state index contributed by atoms with van der Waals surface area (Å²) >= 11 is 0. The highest BCUT2D eigenvalue weighted by Gasteiger charge is 2.36. The molecule has 9 heteroatoms. The Morgan fingerprint density at radius 3 is 2.65 bits per heavy atom. The van der Waals surface area contributed by atoms with Crippen molar-refractivity contribution >= 4 is 16.9 Å². The van der Waals surface area contributed by atoms with Gasteiger partial charge in [-0.2, -0.15) is 13.2 Å². The highest BCUT2D eigenvalue weighted by Crippen LogP contribution is 2.45. The Bertz CT molecular complexity index is 1060. The molecule has 0 radical (unpaired) electrons. The number of hydrogen-bond donors (Lipinski definition) is 2. The number of nitrogens with one attached hydrogen (secondary N) is 1. The minimum absolute atomic E-state index is 0.0725. The fraction of sp³-hybridized carbons (Fsp3) is 0.500. The first-order valence-electron chi connectivity index (χ1n) is 10.6. The van der Waals surface area contributed by atoms with E-state index in [4.69, 9.17) is 9.52 Å². The van der Waals surface area contributed by atoms with Crippen LogP contribution in [0.5, 0.6) is 0 Å². The van der Waals surface area contributed by atoms with Crippen molar-refractivity contribution in [2.75, 3.05) is 18.5 Å². The van der Waals surface area contributed by atoms with Gasteiger partial charge in [0.05, 0.1) is 11.1 Å². The summed E-state index contributed by atoms with van der Waals surface area (Å²) in [4.78, 5) is 4.32. The van der Waals surface area contributed by atoms with Gasteiger partial charge in [-0.25, -0.2) is 4.98 Å². The van der Waals surface area contributed by atoms with Crippen molar-refractivity contribution in [3.05, 3.63) is 34.9 Å². The molecule has 2 heterocycles. The number of aryl methyl sites for hydroxylation is 1. The van der Waals surface area contributed by atoms with Crippen LogP contribution in [0.4, 0.5) is 19.2 Å². The number of alkyl halides is 3. The molecule has 0 unspecified atom stereocenters. The first kappa shape index (κ1) is 21.5. The molecule has 0 bridgehead atoms. The van der Waals surface area contributed by atoms with Crippen molar-refractivity contribution in [1.82, 2.24) is 15.2 Å². The Kier molecular flexibility index (Phi) is 6.13. The van der Waals surface area contributed by atoms with E-state index < -0.39 is 11.7 Å². The third-order valence-electron chi connectivity index (χ3n) is 5.40. The van der Waals surface area contributed by atoms with E-state index in [1.54, 1.807) is 6.07 Å². The van der Waals surface area contributed by atoms with E-state index in [2.05, 4.69) is 20.5 Å². The van der Waals surface area contributed by atoms with Gasteiger partial charge in [-0.1, -0.05) is 18.4 Å². The summed E-state index contributed by atoms with van der Waals surface area (Å²) in [7, 11) is 0. The molecule has 3 aromatic rings. The Labute approximate surface area is 177 Å². The maximum absolute atomic E-state index is 13.9. The van der Waals surface area contributed by atoms with Crippen LogP contribution in [0.2, 0.25) is 0 Å². The Hall–Kier alpha value is -2.68. The van der Waals surface area contributed by atoms with Gasteiger partial charge >= 0.3 is 12.2 Å². The molecule has 6 nitrogen and oxygen atoms in total. The smallest absolute Gasteiger partial charge is 0.402 e. The van der Waals surface area contributed by atoms with Gasteiger partial charge in [0, 0.05) is 18.5 Å². The van der Waals surface area contributed by atoms with Crippen LogP contribution in [0.1, 0.15) is 61.6 Å². The molecule has 0 spiro atoms. The van der Waals surface area contributed by atoms with Crippen molar-refractivity contribution in [2.45, 2.75) is 57.5 Å². The van der Waals surface area contributed by atoms with Gasteiger partial charge in [-0.05, 0) is 67.3 Å². The van der Waals surface area contributed by atoms with Crippen LogP contribution in [0, 0.1) is 0 Å². The zero-order valence-electron chi connectivity index (χ0n) is 17.3. The zero-order chi connectivity index (χ0) is 22.0. The fourth-order valence-corrected chi connectivity index (χ4v) is 3.70. The van der Waals surface area contributed by atoms with E-state index in [9.17, 15) is 13.2 Å². The molecule has 4 rings (SSSR count). The van der Waals surface area contributed by atoms with Crippen molar-refractivity contribution in [2.24, 2.45) is 0 Å². The van der Waals surface area contributed by atoms with Crippen LogP contribution in [0.3, 0.4) is 0 Å². The summed E-state index contributed by atoms with van der Waals surface area (Å²) in [6, 6.07) is 5.04. The quantitative estimate of drug-likeness (QED) is 0.444. The summed E-state index contributed by atoms with van der Waals surface area (Å²) in [6.07, 6.45) is 0.116. The lowest BCUT2D eigenvalue weighted by molar-refractivity contribution is -0.136. The Morgan fingerprint density at radius 1 is 1.16 bits per heavy atom. The lowest BCUT2D eigenvalue weighted by Crippen LogP contribution is -2.09. The van der Waals surface area contributed by atoms with Crippen LogP contribution in [-0.2, 0) is 12.6 Å². The predicted octanol–water partition coefficient (Wildman–Crippen LogP) is 5.32. The first-order chi connectivity index (χ1) is 14.9. The Morgan fingerprint density at radius 2 is 1.97 bits per heavy atom. The highest BCUT2D eigenvalue weighted by atomic mass is 19.4. The maximum Gasteiger partial charge on any atom is 0.418 e. The minimum atomic E-state index is -4.51. The molecule has 1 aliphatic carbocycles. The van der Waals surface area contributed by atoms with E-state index >= 15 is 0 Å². The van der Waals surface area contributed by atoms with Gasteiger partial charge in [0.2, 0.25) is 0 Å². The number of fused-ring (bicyclic) bond motifs is 1. The number of aliphatic hydroxyl groups excluding tert-OH is 1. The second-order valence-electron chi connectivity index (χ2n) is 7.92. The molecular weight excluding hydrogens is 409 g/mol. The zero-order valence-corrected chi connectivity index (χ0v) is 17.3. The van der Waals surface area contributed by atoms with E-state index in [1.807, 2.05) is 13.0 Å². The summed E-state index contributed by atoms with van der Waals surface area (Å²) in [5.74, 6) is 0.276. The second kappa shape index (κ2) is 8.82. The highest BCUT2D eigenvalue weighted by molar-refractivity contribution is 5.88. The molecule has 1 aromatic carbocycles. The standard InChI is InChI=1S/C22H25F3N4O2/c1-2-5-14-12-18(20-28-29-21(31-20)26-8-3-4-9-30)27-19-16(14)10-15(13-6-7-13)11-17(19)22(23,24)25/h10-13,30H,2-9H2,1H3,(H,26,29). The number of unbranched alkanes of at least 4 members (excludes halogenated alkanes) is 1. The number of nitrogens with zero attached hydrogens (tertiary/aromatic N) is 3. The number of aromatic nitrogens is 3. The second-order valence-corrected chi connectivity index (χ2v) is 7.92. The first-order valence-corrected chi connectivity index (χ1v) is 10.6. The third kappa shape index (κ3) is 4.81. The summed E-state index contributed by atoms with van der Waals surface area (Å²) in [5, 5.41) is 20.2. The lowest BCUT2D eigenvalue weighted by atomic mass is 9.96. The fourth-order valence-electron chi connectivity index (χ4n) is 3.70. The molecule has 0 aliphatic heterocycles. The number of rotatable bonds is 9. The van der Waals surface area contributed by atoms with Crippen LogP contribution in [0.25, 0.3) is 22.5 Å². The summed E-state index contributed by atoms with van der Waals surface area (Å²) in [5.41, 5.74) is 0.975. The molecule has 2 aromatic heterocycles. The van der Waals surface area contributed by atoms with Crippen LogP contribution in [0.15, 0.2) is 22.6 Å². The monoisotopic (exact) mass is 434 g/mol. The Balaban J connectivity index is 1.77. The molecule has 1 aliphatic rings. The number of aliphatic hydroxyl groups is 1. The molecular formula is C22H25F3N4O2. The van der Waals surface area contributed by atoms with E-state index in [0.29, 0.717) is 24.8 Å². The van der Waals surface area contributed by atoms with Crippen molar-refractivity contribution in [3.63, 3.8) is 0 Å². The van der Waals surface area contributed by atoms with Crippen molar-refractivity contribution in [1.29, 1.82) is 0 Å². The molecule has 0 atom stereocenters. The largest absolute Gasteiger partial charge is 0.418 e. The molecule has 166 valence electrons. The van der Waals surface area contributed by atoms with Crippen LogP contribution >= 0.6 is 0 Å². The minimum Gasteiger partial charge on any atom is -0.402 e. The topological polar surface area (TPSA) is 84.1 Å². The molecule has 0 saturated heterocycles. The van der Waals surface area contributed by atoms with Gasteiger partial charge in [-0.15, -0.1) is 5.10 Å². The number of halogens is 3. The lowest BCUT2D eigenvalue weighted by Gasteiger charge is -2.15. The van der Waals surface area contributed by atoms with Crippen LogP contribution in [-0.4, -0.2) is 33.4 Å². The maximum atomic E-state index is 13.9. The average Bonchev–Trinajstić information content (AvgIpc) is 3.48. The van der Waals surface area contributed by atoms with Gasteiger partial charge in [-0.3, -0.25) is 0 Å². The molecule has 0 amide bonds. The average molecular weight is 434 g/mol. The molecule has 31 heavy (non-hydrogen) atoms. The molecule has 1 saturated carbocycles. The molecule has 2 N–H and O–H groups in total. The summed E-state index contributed by atoms with van der Waals surface area (Å²) in [6.45, 7) is 2.63. The van der Waals surface area contributed by atoms with E-state index in [0.717, 1.165) is 36.8 Å². The van der Waals surface area contributed by atoms with Gasteiger partial charge < -0.3 is 14.8 Å². The predicted molar refractivity (Wildman–Crippen MR) is 111 cm³/mol. The number of hydrogen-bond acceptors (Lipinski definition) is 6. The number of pyridine rings is 1.